The van der Waals surface area contributed by atoms with Gasteiger partial charge in [0.1, 0.15) is 18.2 Å². The summed E-state index contributed by atoms with van der Waals surface area (Å²) in [6, 6.07) is 3.47. The minimum Gasteiger partial charge on any atom is -0.407 e. The second kappa shape index (κ2) is 9.61. The van der Waals surface area contributed by atoms with E-state index < -0.39 is 87.6 Å². The molecular formula is C25H12ClF8N3O4. The van der Waals surface area contributed by atoms with Crippen LogP contribution in [0.25, 0.3) is 11.1 Å². The Morgan fingerprint density at radius 1 is 1.00 bits per heavy atom. The van der Waals surface area contributed by atoms with E-state index in [1.54, 1.807) is 0 Å². The molecule has 1 unspecified atom stereocenters. The van der Waals surface area contributed by atoms with Crippen molar-refractivity contribution in [2.75, 3.05) is 5.32 Å². The maximum atomic E-state index is 14.1. The highest BCUT2D eigenvalue weighted by Gasteiger charge is 2.40. The summed E-state index contributed by atoms with van der Waals surface area (Å²) < 4.78 is 112. The molecule has 5 rings (SSSR count). The molecule has 41 heavy (non-hydrogen) atoms. The Morgan fingerprint density at radius 2 is 1.71 bits per heavy atom. The number of carbonyl (C=O) groups is 2. The molecule has 1 aliphatic heterocycles. The molecule has 2 N–H and O–H groups in total. The number of hydrogen-bond donors (Lipinski definition) is 2. The first-order valence-electron chi connectivity index (χ1n) is 11.3. The predicted molar refractivity (Wildman–Crippen MR) is 127 cm³/mol. The molecule has 214 valence electrons. The van der Waals surface area contributed by atoms with Crippen molar-refractivity contribution in [2.45, 2.75) is 24.9 Å². The first kappa shape index (κ1) is 28.1. The van der Waals surface area contributed by atoms with E-state index in [1.807, 2.05) is 0 Å². The van der Waals surface area contributed by atoms with Crippen LogP contribution >= 0.6 is 11.6 Å². The highest BCUT2D eigenvalue weighted by atomic mass is 35.5. The van der Waals surface area contributed by atoms with Gasteiger partial charge in [0.2, 0.25) is 0 Å². The third kappa shape index (κ3) is 5.24. The van der Waals surface area contributed by atoms with Gasteiger partial charge in [0.25, 0.3) is 11.8 Å². The van der Waals surface area contributed by atoms with Crippen LogP contribution in [0.5, 0.6) is 0 Å². The van der Waals surface area contributed by atoms with Crippen LogP contribution in [0.1, 0.15) is 43.4 Å². The zero-order valence-corrected chi connectivity index (χ0v) is 20.6. The molecule has 0 bridgehead atoms. The Hall–Kier alpha value is -4.40. The van der Waals surface area contributed by atoms with Gasteiger partial charge in [-0.05, 0) is 42.5 Å². The highest BCUT2D eigenvalue weighted by Crippen LogP contribution is 2.43. The number of anilines is 1. The summed E-state index contributed by atoms with van der Waals surface area (Å²) in [7, 11) is 0. The molecule has 0 spiro atoms. The van der Waals surface area contributed by atoms with Gasteiger partial charge in [-0.1, -0.05) is 11.6 Å². The molecule has 0 saturated heterocycles. The molecule has 2 amide bonds. The summed E-state index contributed by atoms with van der Waals surface area (Å²) in [5.74, 6) is -6.09. The number of benzene rings is 3. The molecule has 3 aromatic carbocycles. The van der Waals surface area contributed by atoms with Crippen molar-refractivity contribution in [1.29, 1.82) is 0 Å². The van der Waals surface area contributed by atoms with E-state index in [2.05, 4.69) is 10.6 Å². The Bertz CT molecular complexity index is 1810. The second-order valence-electron chi connectivity index (χ2n) is 8.88. The van der Waals surface area contributed by atoms with Gasteiger partial charge < -0.3 is 15.1 Å². The number of fused-ring (bicyclic) bond motifs is 3. The van der Waals surface area contributed by atoms with Crippen molar-refractivity contribution in [3.05, 3.63) is 97.5 Å². The highest BCUT2D eigenvalue weighted by molar-refractivity contribution is 6.31. The van der Waals surface area contributed by atoms with Crippen LogP contribution in [0.4, 0.5) is 40.8 Å². The smallest absolute Gasteiger partial charge is 0.407 e. The van der Waals surface area contributed by atoms with E-state index in [0.29, 0.717) is 12.1 Å². The fourth-order valence-corrected chi connectivity index (χ4v) is 4.72. The van der Waals surface area contributed by atoms with E-state index in [0.717, 1.165) is 24.3 Å². The Kier molecular flexibility index (Phi) is 6.59. The van der Waals surface area contributed by atoms with Crippen LogP contribution in [0.15, 0.2) is 51.7 Å². The van der Waals surface area contributed by atoms with E-state index >= 15 is 0 Å². The number of alkyl halides is 6. The molecule has 4 aromatic rings. The average Bonchev–Trinajstić information content (AvgIpc) is 3.35. The van der Waals surface area contributed by atoms with Crippen LogP contribution < -0.4 is 16.4 Å². The lowest BCUT2D eigenvalue weighted by atomic mass is 9.95. The van der Waals surface area contributed by atoms with Gasteiger partial charge in [-0.2, -0.15) is 26.3 Å². The van der Waals surface area contributed by atoms with E-state index in [4.69, 9.17) is 16.0 Å². The average molecular weight is 606 g/mol. The maximum absolute atomic E-state index is 14.1. The Balaban J connectivity index is 1.74. The molecule has 1 aliphatic rings. The first-order valence-corrected chi connectivity index (χ1v) is 11.6. The van der Waals surface area contributed by atoms with Crippen molar-refractivity contribution in [3.63, 3.8) is 0 Å². The van der Waals surface area contributed by atoms with Crippen LogP contribution in [-0.2, 0) is 12.7 Å². The number of oxazole rings is 1. The fraction of sp³-hybridized carbons (Fsp3) is 0.160. The molecule has 2 heterocycles. The molecule has 1 atom stereocenters. The first-order chi connectivity index (χ1) is 19.0. The molecule has 0 radical (unpaired) electrons. The zero-order chi connectivity index (χ0) is 30.0. The van der Waals surface area contributed by atoms with Gasteiger partial charge in [-0.25, -0.2) is 13.6 Å². The number of aromatic nitrogens is 1. The number of hydrogen-bond acceptors (Lipinski definition) is 4. The number of nitrogens with zero attached hydrogens (tertiary/aromatic N) is 1. The van der Waals surface area contributed by atoms with Gasteiger partial charge in [-0.15, -0.1) is 0 Å². The van der Waals surface area contributed by atoms with E-state index in [9.17, 15) is 49.5 Å². The standard InChI is InChI=1S/C25H12ClF8N3O4/c26-14-2-1-11(27)6-13(14)19-17-15(35-21(38)9-3-10(25(32,33)34)5-12(28)4-9)7-16-20(18(17)22(39)36-19)41-23(40)37(16)8-24(29,30)31/h1-7,19H,8H2,(H,35,38)(H,36,39). The lowest BCUT2D eigenvalue weighted by molar-refractivity contribution is -0.141. The summed E-state index contributed by atoms with van der Waals surface area (Å²) in [5.41, 5.74) is -4.85. The molecule has 16 heteroatoms. The third-order valence-electron chi connectivity index (χ3n) is 6.13. The largest absolute Gasteiger partial charge is 0.420 e. The number of carbonyl (C=O) groups excluding carboxylic acids is 2. The monoisotopic (exact) mass is 605 g/mol. The Morgan fingerprint density at radius 3 is 2.37 bits per heavy atom. The molecule has 7 nitrogen and oxygen atoms in total. The van der Waals surface area contributed by atoms with Gasteiger partial charge in [0, 0.05) is 27.4 Å². The topological polar surface area (TPSA) is 93.3 Å². The van der Waals surface area contributed by atoms with Gasteiger partial charge >= 0.3 is 18.1 Å². The van der Waals surface area contributed by atoms with Gasteiger partial charge in [0.05, 0.1) is 22.7 Å². The quantitative estimate of drug-likeness (QED) is 0.271. The summed E-state index contributed by atoms with van der Waals surface area (Å²) in [4.78, 5) is 38.4. The minimum atomic E-state index is -5.03. The van der Waals surface area contributed by atoms with Gasteiger partial charge in [-0.3, -0.25) is 14.2 Å². The normalized spacial score (nSPS) is 15.2. The molecule has 1 aromatic heterocycles. The second-order valence-corrected chi connectivity index (χ2v) is 9.29. The third-order valence-corrected chi connectivity index (χ3v) is 6.48. The molecule has 0 saturated carbocycles. The zero-order valence-electron chi connectivity index (χ0n) is 19.8. The van der Waals surface area contributed by atoms with E-state index in [1.165, 1.54) is 0 Å². The van der Waals surface area contributed by atoms with Crippen molar-refractivity contribution in [2.24, 2.45) is 0 Å². The van der Waals surface area contributed by atoms with Crippen LogP contribution in [0, 0.1) is 11.6 Å². The fourth-order valence-electron chi connectivity index (χ4n) is 4.49. The summed E-state index contributed by atoms with van der Waals surface area (Å²) >= 11 is 6.19. The lowest BCUT2D eigenvalue weighted by Crippen LogP contribution is -2.25. The van der Waals surface area contributed by atoms with Crippen molar-refractivity contribution < 1.29 is 49.1 Å². The summed E-state index contributed by atoms with van der Waals surface area (Å²) in [5, 5.41) is 4.51. The van der Waals surface area contributed by atoms with Crippen LogP contribution in [0.2, 0.25) is 5.02 Å². The minimum absolute atomic E-state index is 0.0733. The number of amides is 2. The van der Waals surface area contributed by atoms with Crippen molar-refractivity contribution in [1.82, 2.24) is 9.88 Å². The maximum Gasteiger partial charge on any atom is 0.420 e. The number of halogens is 9. The SMILES string of the molecule is O=C(Nc1cc2c(oc(=O)n2CC(F)(F)F)c2c1C(c1cc(F)ccc1Cl)NC2=O)c1cc(F)cc(C(F)(F)F)c1. The van der Waals surface area contributed by atoms with Crippen molar-refractivity contribution >= 4 is 40.2 Å². The van der Waals surface area contributed by atoms with Gasteiger partial charge in [0.15, 0.2) is 5.58 Å². The summed E-state index contributed by atoms with van der Waals surface area (Å²) in [6.07, 6.45) is -9.96. The predicted octanol–water partition coefficient (Wildman–Crippen LogP) is 6.19. The lowest BCUT2D eigenvalue weighted by Gasteiger charge is -2.18. The number of nitrogens with one attached hydrogen (secondary N) is 2. The number of rotatable bonds is 4. The van der Waals surface area contributed by atoms with Crippen LogP contribution in [-0.4, -0.2) is 22.6 Å². The molecular weight excluding hydrogens is 594 g/mol. The molecule has 0 aliphatic carbocycles. The summed E-state index contributed by atoms with van der Waals surface area (Å²) in [6.45, 7) is -1.86. The van der Waals surface area contributed by atoms with Crippen LogP contribution in [0.3, 0.4) is 0 Å². The van der Waals surface area contributed by atoms with E-state index in [-0.39, 0.29) is 26.8 Å². The Labute approximate surface area is 227 Å². The molecule has 0 fully saturated rings. The van der Waals surface area contributed by atoms with Crippen molar-refractivity contribution in [3.8, 4) is 0 Å².